The molecule has 2 unspecified atom stereocenters. The number of ether oxygens (including phenoxy) is 2. The zero-order chi connectivity index (χ0) is 31.4. The van der Waals surface area contributed by atoms with Crippen LogP contribution in [0.2, 0.25) is 0 Å². The summed E-state index contributed by atoms with van der Waals surface area (Å²) >= 11 is 0. The summed E-state index contributed by atoms with van der Waals surface area (Å²) in [7, 11) is 2.03. The van der Waals surface area contributed by atoms with Crippen LogP contribution in [0.3, 0.4) is 0 Å². The molecule has 5 rings (SSSR count). The van der Waals surface area contributed by atoms with Gasteiger partial charge < -0.3 is 19.4 Å². The van der Waals surface area contributed by atoms with Gasteiger partial charge in [0.1, 0.15) is 25.0 Å². The summed E-state index contributed by atoms with van der Waals surface area (Å²) in [5.41, 5.74) is 3.77. The lowest BCUT2D eigenvalue weighted by molar-refractivity contribution is -0.732. The lowest BCUT2D eigenvalue weighted by Gasteiger charge is -2.21. The number of nitrogens with one attached hydrogen (secondary N) is 1. The Labute approximate surface area is 258 Å². The van der Waals surface area contributed by atoms with Gasteiger partial charge in [-0.25, -0.2) is 9.36 Å². The van der Waals surface area contributed by atoms with Crippen LogP contribution in [0.5, 0.6) is 0 Å². The Hall–Kier alpha value is -4.40. The van der Waals surface area contributed by atoms with Gasteiger partial charge in [-0.1, -0.05) is 69.3 Å². The third-order valence-corrected chi connectivity index (χ3v) is 8.40. The number of carbonyl (C=O) groups is 3. The summed E-state index contributed by atoms with van der Waals surface area (Å²) in [6.45, 7) is 8.90. The third kappa shape index (κ3) is 7.04. The van der Waals surface area contributed by atoms with E-state index < -0.39 is 12.3 Å². The molecule has 2 aromatic heterocycles. The highest BCUT2D eigenvalue weighted by atomic mass is 16.7. The Morgan fingerprint density at radius 1 is 1.09 bits per heavy atom. The Bertz CT molecular complexity index is 1650. The molecule has 0 saturated heterocycles. The van der Waals surface area contributed by atoms with Crippen molar-refractivity contribution >= 4 is 28.7 Å². The maximum absolute atomic E-state index is 13.6. The van der Waals surface area contributed by atoms with Crippen molar-refractivity contribution in [2.75, 3.05) is 6.54 Å². The molecule has 2 aromatic carbocycles. The summed E-state index contributed by atoms with van der Waals surface area (Å²) < 4.78 is 17.2. The number of fused-ring (bicyclic) bond motifs is 3. The van der Waals surface area contributed by atoms with Crippen LogP contribution < -0.4 is 9.88 Å². The van der Waals surface area contributed by atoms with E-state index in [2.05, 4.69) is 16.0 Å². The molecule has 0 saturated carbocycles. The molecule has 44 heavy (non-hydrogen) atoms. The molecule has 2 atom stereocenters. The van der Waals surface area contributed by atoms with Crippen LogP contribution in [-0.2, 0) is 41.0 Å². The number of hydrogen-bond acceptors (Lipinski definition) is 5. The number of benzene rings is 2. The van der Waals surface area contributed by atoms with Crippen molar-refractivity contribution in [3.63, 3.8) is 0 Å². The van der Waals surface area contributed by atoms with Crippen LogP contribution in [0.4, 0.5) is 4.79 Å². The van der Waals surface area contributed by atoms with E-state index >= 15 is 0 Å². The van der Waals surface area contributed by atoms with Gasteiger partial charge in [-0.2, -0.15) is 4.57 Å². The second kappa shape index (κ2) is 13.1. The van der Waals surface area contributed by atoms with Gasteiger partial charge in [-0.15, -0.1) is 0 Å². The molecule has 0 fully saturated rings. The minimum absolute atomic E-state index is 0.0203. The molecule has 9 nitrogen and oxygen atoms in total. The minimum atomic E-state index is -0.787. The monoisotopic (exact) mass is 599 g/mol. The molecule has 0 bridgehead atoms. The predicted octanol–water partition coefficient (Wildman–Crippen LogP) is 5.82. The van der Waals surface area contributed by atoms with Gasteiger partial charge in [0.15, 0.2) is 5.78 Å². The Morgan fingerprint density at radius 2 is 1.82 bits per heavy atom. The molecule has 2 heterocycles. The van der Waals surface area contributed by atoms with E-state index in [-0.39, 0.29) is 29.8 Å². The van der Waals surface area contributed by atoms with Crippen LogP contribution in [0, 0.1) is 18.3 Å². The number of aromatic nitrogens is 3. The molecule has 232 valence electrons. The zero-order valence-corrected chi connectivity index (χ0v) is 26.3. The second-order valence-corrected chi connectivity index (χ2v) is 12.9. The van der Waals surface area contributed by atoms with E-state index in [0.717, 1.165) is 46.4 Å². The number of hydrogen-bond donors (Lipinski definition) is 1. The number of Topliss-reactive ketones (excluding diaryl/α,β-unsaturated/α-hetero) is 1. The molecule has 0 spiro atoms. The number of amides is 1. The summed E-state index contributed by atoms with van der Waals surface area (Å²) in [6, 6.07) is 17.5. The van der Waals surface area contributed by atoms with Crippen molar-refractivity contribution in [3.05, 3.63) is 89.6 Å². The first-order chi connectivity index (χ1) is 21.0. The number of rotatable bonds is 10. The smallest absolute Gasteiger partial charge is 0.426 e. The van der Waals surface area contributed by atoms with E-state index in [4.69, 9.17) is 9.47 Å². The van der Waals surface area contributed by atoms with Gasteiger partial charge in [-0.3, -0.25) is 9.59 Å². The number of aryl methyl sites for hydroxylation is 1. The van der Waals surface area contributed by atoms with Gasteiger partial charge in [0.05, 0.1) is 5.92 Å². The fourth-order valence-corrected chi connectivity index (χ4v) is 6.06. The van der Waals surface area contributed by atoms with E-state index in [1.165, 1.54) is 0 Å². The molecule has 1 aliphatic carbocycles. The second-order valence-electron chi connectivity index (χ2n) is 12.9. The summed E-state index contributed by atoms with van der Waals surface area (Å²) in [4.78, 5) is 38.7. The first kappa shape index (κ1) is 31.0. The fraction of sp³-hybridized carbons (Fsp3) is 0.429. The maximum Gasteiger partial charge on any atom is 0.512 e. The van der Waals surface area contributed by atoms with Crippen molar-refractivity contribution < 1.29 is 28.4 Å². The first-order valence-corrected chi connectivity index (χ1v) is 15.3. The highest BCUT2D eigenvalue weighted by Crippen LogP contribution is 2.34. The number of para-hydroxylation sites is 1. The van der Waals surface area contributed by atoms with E-state index in [0.29, 0.717) is 25.9 Å². The van der Waals surface area contributed by atoms with Crippen molar-refractivity contribution in [1.29, 1.82) is 0 Å². The molecule has 0 radical (unpaired) electrons. The van der Waals surface area contributed by atoms with Gasteiger partial charge in [0.2, 0.25) is 12.6 Å². The van der Waals surface area contributed by atoms with Gasteiger partial charge >= 0.3 is 6.16 Å². The molecule has 1 N–H and O–H groups in total. The van der Waals surface area contributed by atoms with Crippen LogP contribution in [0.25, 0.3) is 10.9 Å². The number of imidazole rings is 1. The number of ketones is 1. The first-order valence-electron chi connectivity index (χ1n) is 15.3. The number of nitrogens with zero attached hydrogens (tertiary/aromatic N) is 3. The molecule has 9 heteroatoms. The van der Waals surface area contributed by atoms with E-state index in [1.54, 1.807) is 0 Å². The molecular weight excluding hydrogens is 556 g/mol. The topological polar surface area (TPSA) is 95.4 Å². The molecular formula is C35H43N4O5+. The van der Waals surface area contributed by atoms with Crippen molar-refractivity contribution in [2.24, 2.45) is 18.4 Å². The maximum atomic E-state index is 13.6. The summed E-state index contributed by atoms with van der Waals surface area (Å²) in [6.07, 6.45) is 4.90. The van der Waals surface area contributed by atoms with E-state index in [1.807, 2.05) is 105 Å². The van der Waals surface area contributed by atoms with Crippen molar-refractivity contribution in [1.82, 2.24) is 14.5 Å². The molecule has 0 aliphatic heterocycles. The summed E-state index contributed by atoms with van der Waals surface area (Å²) in [5, 5.41) is 3.95. The SMILES string of the molecule is Cc1n(CC2CCc3c(c4ccccc4n3C)C2=O)cc[n+]1COC(=O)OC(CCNC(=O)CC(C)(C)C)c1ccccc1. The van der Waals surface area contributed by atoms with Crippen LogP contribution >= 0.6 is 0 Å². The quantitative estimate of drug-likeness (QED) is 0.183. The fourth-order valence-electron chi connectivity index (χ4n) is 6.06. The average Bonchev–Trinajstić information content (AvgIpc) is 3.48. The average molecular weight is 600 g/mol. The third-order valence-electron chi connectivity index (χ3n) is 8.40. The highest BCUT2D eigenvalue weighted by molar-refractivity contribution is 6.11. The molecule has 1 amide bonds. The van der Waals surface area contributed by atoms with Crippen molar-refractivity contribution in [2.45, 2.75) is 72.8 Å². The highest BCUT2D eigenvalue weighted by Gasteiger charge is 2.34. The molecule has 4 aromatic rings. The normalized spacial score (nSPS) is 15.6. The predicted molar refractivity (Wildman–Crippen MR) is 167 cm³/mol. The lowest BCUT2D eigenvalue weighted by Crippen LogP contribution is -2.38. The van der Waals surface area contributed by atoms with Crippen molar-refractivity contribution in [3.8, 4) is 0 Å². The standard InChI is InChI=1S/C35H42N4O5/c1-24-38(22-26-15-16-29-32(33(26)41)27-13-9-10-14-28(27)37(29)5)19-20-39(24)23-43-34(42)44-30(25-11-7-6-8-12-25)17-18-36-31(40)21-35(2,3)4/h6-14,19-20,26,30H,15-18,21-23H2,1-5H3/p+1. The van der Waals surface area contributed by atoms with Crippen LogP contribution in [0.15, 0.2) is 67.0 Å². The Morgan fingerprint density at radius 3 is 2.57 bits per heavy atom. The largest absolute Gasteiger partial charge is 0.512 e. The Kier molecular flexibility index (Phi) is 9.22. The van der Waals surface area contributed by atoms with E-state index in [9.17, 15) is 14.4 Å². The minimum Gasteiger partial charge on any atom is -0.426 e. The van der Waals surface area contributed by atoms with Crippen LogP contribution in [-0.4, -0.2) is 33.5 Å². The molecule has 1 aliphatic rings. The Balaban J connectivity index is 1.18. The number of carbonyl (C=O) groups excluding carboxylic acids is 3. The van der Waals surface area contributed by atoms with Gasteiger partial charge in [0, 0.05) is 55.5 Å². The van der Waals surface area contributed by atoms with Crippen LogP contribution in [0.1, 0.15) is 73.6 Å². The van der Waals surface area contributed by atoms with Gasteiger partial charge in [-0.05, 0) is 29.9 Å². The van der Waals surface area contributed by atoms with Gasteiger partial charge in [0.25, 0.3) is 5.82 Å². The zero-order valence-electron chi connectivity index (χ0n) is 26.3. The lowest BCUT2D eigenvalue weighted by atomic mass is 9.85. The summed E-state index contributed by atoms with van der Waals surface area (Å²) in [5.74, 6) is 0.893.